The lowest BCUT2D eigenvalue weighted by molar-refractivity contribution is 0.0531. The normalized spacial score (nSPS) is 12.3. The lowest BCUT2D eigenvalue weighted by Gasteiger charge is -2.19. The Kier molecular flexibility index (Phi) is 5.43. The topological polar surface area (TPSA) is 115 Å². The summed E-state index contributed by atoms with van der Waals surface area (Å²) >= 11 is 0. The second-order valence-electron chi connectivity index (χ2n) is 6.86. The summed E-state index contributed by atoms with van der Waals surface area (Å²) in [7, 11) is 5.51. The highest BCUT2D eigenvalue weighted by atomic mass is 16.5. The highest BCUT2D eigenvalue weighted by molar-refractivity contribution is 6.02. The van der Waals surface area contributed by atoms with Crippen LogP contribution in [0.1, 0.15) is 32.0 Å². The van der Waals surface area contributed by atoms with Crippen molar-refractivity contribution in [2.24, 2.45) is 0 Å². The summed E-state index contributed by atoms with van der Waals surface area (Å²) in [4.78, 5) is 38.1. The molecule has 2 aromatic carbocycles. The number of carbonyl (C=O) groups is 2. The maximum absolute atomic E-state index is 13.2. The van der Waals surface area contributed by atoms with E-state index < -0.39 is 17.5 Å². The number of fused-ring (bicyclic) bond motifs is 2. The third kappa shape index (κ3) is 3.11. The number of carbonyl (C=O) groups excluding carboxylic acids is 2. The molecule has 3 aromatic rings. The van der Waals surface area contributed by atoms with Crippen molar-refractivity contribution in [1.29, 1.82) is 0 Å². The van der Waals surface area contributed by atoms with Gasteiger partial charge in [0, 0.05) is 10.9 Å². The number of rotatable bonds is 6. The van der Waals surface area contributed by atoms with Crippen LogP contribution in [-0.4, -0.2) is 50.2 Å². The summed E-state index contributed by atoms with van der Waals surface area (Å²) in [6.45, 7) is -0.202. The Morgan fingerprint density at radius 2 is 1.66 bits per heavy atom. The number of hydrogen-bond acceptors (Lipinski definition) is 9. The van der Waals surface area contributed by atoms with Crippen LogP contribution < -0.4 is 19.8 Å². The Balaban J connectivity index is 2.01. The third-order valence-electron chi connectivity index (χ3n) is 5.28. The molecule has 166 valence electrons. The zero-order valence-corrected chi connectivity index (χ0v) is 17.9. The molecule has 0 amide bonds. The zero-order chi connectivity index (χ0) is 23.0. The average molecular weight is 440 g/mol. The molecule has 0 saturated heterocycles. The summed E-state index contributed by atoms with van der Waals surface area (Å²) < 4.78 is 27.6. The largest absolute Gasteiger partial charge is 0.492 e. The van der Waals surface area contributed by atoms with Gasteiger partial charge < -0.3 is 23.7 Å². The van der Waals surface area contributed by atoms with E-state index in [1.807, 2.05) is 0 Å². The number of ether oxygens (including phenoxy) is 5. The maximum Gasteiger partial charge on any atom is 0.359 e. The number of aromatic nitrogens is 2. The van der Waals surface area contributed by atoms with E-state index in [1.54, 1.807) is 24.3 Å². The molecule has 0 unspecified atom stereocenters. The van der Waals surface area contributed by atoms with Gasteiger partial charge >= 0.3 is 11.9 Å². The Labute approximate surface area is 182 Å². The standard InChI is InChI=1S/C22H20N2O8/c1-28-17-13(15-14(10-32-21(15)26)18(29-2)19(17)30-3)9-24-20(25)12-8-6-5-7-11(12)16(23-24)22(27)31-4/h5-8H,9-10H2,1-4H3. The van der Waals surface area contributed by atoms with Crippen LogP contribution in [0.4, 0.5) is 0 Å². The van der Waals surface area contributed by atoms with E-state index in [4.69, 9.17) is 23.7 Å². The molecule has 1 aliphatic rings. The van der Waals surface area contributed by atoms with E-state index in [9.17, 15) is 14.4 Å². The summed E-state index contributed by atoms with van der Waals surface area (Å²) in [5.41, 5.74) is 0.531. The highest BCUT2D eigenvalue weighted by Gasteiger charge is 2.35. The number of nitrogens with zero attached hydrogens (tertiary/aromatic N) is 2. The Bertz CT molecular complexity index is 1310. The predicted octanol–water partition coefficient (Wildman–Crippen LogP) is 1.93. The fourth-order valence-electron chi connectivity index (χ4n) is 3.89. The molecule has 2 heterocycles. The molecule has 0 fully saturated rings. The van der Waals surface area contributed by atoms with Gasteiger partial charge in [0.1, 0.15) is 6.61 Å². The van der Waals surface area contributed by atoms with Gasteiger partial charge in [-0.2, -0.15) is 5.10 Å². The number of hydrogen-bond donors (Lipinski definition) is 0. The molecule has 10 nitrogen and oxygen atoms in total. The second kappa shape index (κ2) is 8.22. The molecule has 1 aliphatic heterocycles. The fraction of sp³-hybridized carbons (Fsp3) is 0.273. The molecule has 0 radical (unpaired) electrons. The zero-order valence-electron chi connectivity index (χ0n) is 17.9. The monoisotopic (exact) mass is 440 g/mol. The van der Waals surface area contributed by atoms with Crippen molar-refractivity contribution in [3.63, 3.8) is 0 Å². The molecule has 0 aliphatic carbocycles. The van der Waals surface area contributed by atoms with Crippen molar-refractivity contribution < 1.29 is 33.3 Å². The summed E-state index contributed by atoms with van der Waals surface area (Å²) in [5.74, 6) is -0.523. The van der Waals surface area contributed by atoms with Gasteiger partial charge in [0.05, 0.1) is 51.5 Å². The van der Waals surface area contributed by atoms with Crippen LogP contribution >= 0.6 is 0 Å². The highest BCUT2D eigenvalue weighted by Crippen LogP contribution is 2.47. The number of methoxy groups -OCH3 is 4. The van der Waals surface area contributed by atoms with Gasteiger partial charge in [-0.3, -0.25) is 4.79 Å². The molecular weight excluding hydrogens is 420 g/mol. The molecule has 0 bridgehead atoms. The van der Waals surface area contributed by atoms with Crippen LogP contribution in [0.5, 0.6) is 17.2 Å². The molecular formula is C22H20N2O8. The lowest BCUT2D eigenvalue weighted by atomic mass is 9.99. The molecule has 0 saturated carbocycles. The Morgan fingerprint density at radius 3 is 2.28 bits per heavy atom. The van der Waals surface area contributed by atoms with E-state index in [1.165, 1.54) is 28.4 Å². The molecule has 4 rings (SSSR count). The van der Waals surface area contributed by atoms with E-state index in [2.05, 4.69) is 5.10 Å². The van der Waals surface area contributed by atoms with Crippen LogP contribution in [-0.2, 0) is 22.6 Å². The molecule has 32 heavy (non-hydrogen) atoms. The maximum atomic E-state index is 13.2. The Morgan fingerprint density at radius 1 is 1.00 bits per heavy atom. The van der Waals surface area contributed by atoms with Gasteiger partial charge in [-0.1, -0.05) is 18.2 Å². The van der Waals surface area contributed by atoms with E-state index in [-0.39, 0.29) is 41.3 Å². The SMILES string of the molecule is COC(=O)c1nn(Cc2c(OC)c(OC)c(OC)c3c2C(=O)OC3)c(=O)c2ccccc12. The van der Waals surface area contributed by atoms with Crippen LogP contribution in [0.3, 0.4) is 0 Å². The first kappa shape index (κ1) is 21.2. The molecule has 1 aromatic heterocycles. The summed E-state index contributed by atoms with van der Waals surface area (Å²) in [6, 6.07) is 6.58. The number of esters is 2. The smallest absolute Gasteiger partial charge is 0.359 e. The number of cyclic esters (lactones) is 1. The molecule has 0 atom stereocenters. The third-order valence-corrected chi connectivity index (χ3v) is 5.28. The van der Waals surface area contributed by atoms with Gasteiger partial charge in [-0.15, -0.1) is 0 Å². The van der Waals surface area contributed by atoms with Crippen LogP contribution in [0.2, 0.25) is 0 Å². The van der Waals surface area contributed by atoms with E-state index in [0.29, 0.717) is 22.3 Å². The minimum atomic E-state index is -0.695. The number of benzene rings is 2. The van der Waals surface area contributed by atoms with Crippen molar-refractivity contribution >= 4 is 22.7 Å². The minimum absolute atomic E-state index is 0.0157. The average Bonchev–Trinajstić information content (AvgIpc) is 3.20. The quantitative estimate of drug-likeness (QED) is 0.530. The van der Waals surface area contributed by atoms with Gasteiger partial charge in [-0.25, -0.2) is 14.3 Å². The summed E-state index contributed by atoms with van der Waals surface area (Å²) in [6.07, 6.45) is 0. The molecule has 10 heteroatoms. The van der Waals surface area contributed by atoms with Crippen molar-refractivity contribution in [2.45, 2.75) is 13.2 Å². The van der Waals surface area contributed by atoms with Crippen molar-refractivity contribution in [3.8, 4) is 17.2 Å². The summed E-state index contributed by atoms with van der Waals surface area (Å²) in [5, 5.41) is 4.88. The van der Waals surface area contributed by atoms with Crippen molar-refractivity contribution in [1.82, 2.24) is 9.78 Å². The lowest BCUT2D eigenvalue weighted by Crippen LogP contribution is -2.27. The van der Waals surface area contributed by atoms with Gasteiger partial charge in [0.15, 0.2) is 17.2 Å². The Hall–Kier alpha value is -4.08. The molecule has 0 spiro atoms. The fourth-order valence-corrected chi connectivity index (χ4v) is 3.89. The second-order valence-corrected chi connectivity index (χ2v) is 6.86. The van der Waals surface area contributed by atoms with Crippen LogP contribution in [0.25, 0.3) is 10.8 Å². The van der Waals surface area contributed by atoms with E-state index >= 15 is 0 Å². The minimum Gasteiger partial charge on any atom is -0.492 e. The van der Waals surface area contributed by atoms with Crippen molar-refractivity contribution in [2.75, 3.05) is 28.4 Å². The first-order valence-corrected chi connectivity index (χ1v) is 9.55. The molecule has 0 N–H and O–H groups in total. The van der Waals surface area contributed by atoms with Gasteiger partial charge in [0.25, 0.3) is 5.56 Å². The first-order chi connectivity index (χ1) is 15.5. The first-order valence-electron chi connectivity index (χ1n) is 9.55. The van der Waals surface area contributed by atoms with Gasteiger partial charge in [0.2, 0.25) is 5.75 Å². The predicted molar refractivity (Wildman–Crippen MR) is 112 cm³/mol. The van der Waals surface area contributed by atoms with Crippen LogP contribution in [0.15, 0.2) is 29.1 Å². The van der Waals surface area contributed by atoms with E-state index in [0.717, 1.165) is 4.68 Å². The van der Waals surface area contributed by atoms with Crippen LogP contribution in [0, 0.1) is 0 Å². The van der Waals surface area contributed by atoms with Crippen molar-refractivity contribution in [3.05, 3.63) is 57.0 Å². The van der Waals surface area contributed by atoms with Gasteiger partial charge in [-0.05, 0) is 6.07 Å².